The summed E-state index contributed by atoms with van der Waals surface area (Å²) < 4.78 is 1.83. The number of para-hydroxylation sites is 1. The standard InChI is InChI=1S/C43H31NO/c1-3-29(24-28(2)35-19-11-20-36-38(35)23-22-33-25-30-12-4-5-13-32(30)27-41(33)36)31-14-10-15-34(26-31)44-42-21-9-8-17-39(42)37-16-6-7-18-40(37)43(44)45/h3-10,12-18,20-27H,1-2,11,19H2/b29-24+. The molecule has 0 unspecified atom stereocenters. The molecule has 45 heavy (non-hydrogen) atoms. The number of fused-ring (bicyclic) bond motifs is 7. The number of aromatic nitrogens is 1. The van der Waals surface area contributed by atoms with Gasteiger partial charge in [0.2, 0.25) is 0 Å². The first-order valence-electron chi connectivity index (χ1n) is 15.4. The molecule has 0 N–H and O–H groups in total. The van der Waals surface area contributed by atoms with Crippen molar-refractivity contribution in [2.24, 2.45) is 0 Å². The summed E-state index contributed by atoms with van der Waals surface area (Å²) in [5.41, 5.74) is 5.88. The van der Waals surface area contributed by atoms with E-state index in [0.29, 0.717) is 5.39 Å². The average Bonchev–Trinajstić information content (AvgIpc) is 3.09. The van der Waals surface area contributed by atoms with Crippen LogP contribution in [0.15, 0.2) is 157 Å². The molecule has 0 spiro atoms. The Labute approximate surface area is 261 Å². The first-order valence-corrected chi connectivity index (χ1v) is 15.4. The zero-order valence-corrected chi connectivity index (χ0v) is 25.0. The monoisotopic (exact) mass is 577 g/mol. The highest BCUT2D eigenvalue weighted by atomic mass is 16.1. The van der Waals surface area contributed by atoms with Crippen molar-refractivity contribution in [3.63, 3.8) is 0 Å². The van der Waals surface area contributed by atoms with Crippen molar-refractivity contribution in [1.29, 1.82) is 0 Å². The molecule has 6 aromatic carbocycles. The Kier molecular flexibility index (Phi) is 6.43. The maximum absolute atomic E-state index is 13.9. The Hall–Kier alpha value is -5.73. The maximum Gasteiger partial charge on any atom is 0.263 e. The van der Waals surface area contributed by atoms with E-state index in [9.17, 15) is 4.79 Å². The number of pyridine rings is 1. The van der Waals surface area contributed by atoms with E-state index in [4.69, 9.17) is 0 Å². The van der Waals surface area contributed by atoms with Gasteiger partial charge in [-0.3, -0.25) is 9.36 Å². The number of rotatable bonds is 5. The van der Waals surface area contributed by atoms with E-state index in [1.54, 1.807) is 0 Å². The van der Waals surface area contributed by atoms with Gasteiger partial charge >= 0.3 is 0 Å². The lowest BCUT2D eigenvalue weighted by molar-refractivity contribution is 1.06. The zero-order valence-electron chi connectivity index (χ0n) is 25.0. The van der Waals surface area contributed by atoms with E-state index >= 15 is 0 Å². The van der Waals surface area contributed by atoms with Crippen LogP contribution >= 0.6 is 0 Å². The molecule has 7 aromatic rings. The normalized spacial score (nSPS) is 13.2. The van der Waals surface area contributed by atoms with Crippen LogP contribution in [-0.4, -0.2) is 4.57 Å². The summed E-state index contributed by atoms with van der Waals surface area (Å²) >= 11 is 0. The van der Waals surface area contributed by atoms with Gasteiger partial charge in [-0.15, -0.1) is 0 Å². The summed E-state index contributed by atoms with van der Waals surface area (Å²) in [6, 6.07) is 41.7. The number of benzene rings is 6. The van der Waals surface area contributed by atoms with Crippen LogP contribution in [0.5, 0.6) is 0 Å². The fourth-order valence-electron chi connectivity index (χ4n) is 7.00. The minimum atomic E-state index is -0.0272. The molecule has 0 radical (unpaired) electrons. The van der Waals surface area contributed by atoms with E-state index in [1.165, 1.54) is 37.6 Å². The highest BCUT2D eigenvalue weighted by molar-refractivity contribution is 6.06. The summed E-state index contributed by atoms with van der Waals surface area (Å²) in [6.45, 7) is 8.73. The second-order valence-electron chi connectivity index (χ2n) is 11.8. The highest BCUT2D eigenvalue weighted by Crippen LogP contribution is 2.29. The predicted octanol–water partition coefficient (Wildman–Crippen LogP) is 9.00. The van der Waals surface area contributed by atoms with Crippen LogP contribution in [0.25, 0.3) is 66.1 Å². The molecule has 0 saturated carbocycles. The fourth-order valence-corrected chi connectivity index (χ4v) is 7.00. The minimum Gasteiger partial charge on any atom is -0.276 e. The second kappa shape index (κ2) is 10.8. The van der Waals surface area contributed by atoms with E-state index in [-0.39, 0.29) is 5.56 Å². The number of hydrogen-bond acceptors (Lipinski definition) is 1. The van der Waals surface area contributed by atoms with Crippen LogP contribution in [0.4, 0.5) is 0 Å². The van der Waals surface area contributed by atoms with Gasteiger partial charge in [-0.2, -0.15) is 0 Å². The lowest BCUT2D eigenvalue weighted by Crippen LogP contribution is -2.30. The van der Waals surface area contributed by atoms with Gasteiger partial charge < -0.3 is 0 Å². The molecule has 214 valence electrons. The summed E-state index contributed by atoms with van der Waals surface area (Å²) in [6.07, 6.45) is 8.30. The number of allylic oxidation sites excluding steroid dienone is 4. The lowest BCUT2D eigenvalue weighted by atomic mass is 9.90. The molecular formula is C43H31NO. The van der Waals surface area contributed by atoms with Crippen molar-refractivity contribution < 1.29 is 0 Å². The number of hydrogen-bond donors (Lipinski definition) is 0. The summed E-state index contributed by atoms with van der Waals surface area (Å²) in [7, 11) is 0. The largest absolute Gasteiger partial charge is 0.276 e. The molecule has 0 atom stereocenters. The van der Waals surface area contributed by atoms with Crippen LogP contribution < -0.4 is 16.0 Å². The van der Waals surface area contributed by atoms with Crippen LogP contribution in [0, 0.1) is 0 Å². The van der Waals surface area contributed by atoms with E-state index < -0.39 is 0 Å². The maximum atomic E-state index is 13.9. The van der Waals surface area contributed by atoms with E-state index in [1.807, 2.05) is 65.2 Å². The first-order chi connectivity index (χ1) is 22.1. The Morgan fingerprint density at radius 2 is 1.42 bits per heavy atom. The topological polar surface area (TPSA) is 22.0 Å². The van der Waals surface area contributed by atoms with Gasteiger partial charge in [0.05, 0.1) is 5.52 Å². The van der Waals surface area contributed by atoms with Gasteiger partial charge in [-0.1, -0.05) is 110 Å². The summed E-state index contributed by atoms with van der Waals surface area (Å²) in [5.74, 6) is 0. The molecule has 2 heteroatoms. The quantitative estimate of drug-likeness (QED) is 0.114. The van der Waals surface area contributed by atoms with Crippen molar-refractivity contribution in [1.82, 2.24) is 4.57 Å². The Morgan fingerprint density at radius 1 is 0.689 bits per heavy atom. The Morgan fingerprint density at radius 3 is 2.24 bits per heavy atom. The summed E-state index contributed by atoms with van der Waals surface area (Å²) in [5, 5.41) is 10.3. The van der Waals surface area contributed by atoms with E-state index in [2.05, 4.69) is 92.0 Å². The van der Waals surface area contributed by atoms with Crippen LogP contribution in [0.3, 0.4) is 0 Å². The lowest BCUT2D eigenvalue weighted by Gasteiger charge is -2.16. The van der Waals surface area contributed by atoms with Crippen molar-refractivity contribution in [2.45, 2.75) is 12.8 Å². The number of nitrogens with zero attached hydrogens (tertiary/aromatic N) is 1. The summed E-state index contributed by atoms with van der Waals surface area (Å²) in [4.78, 5) is 13.9. The smallest absolute Gasteiger partial charge is 0.263 e. The Bertz CT molecular complexity index is 2600. The SMILES string of the molecule is C=C/C(=C\C(=C)C1=c2ccc3cc4ccccc4cc3c2=CCC1)c1cccc(-n2c(=O)c3ccccc3c3ccccc32)c1. The minimum absolute atomic E-state index is 0.0272. The molecule has 0 fully saturated rings. The van der Waals surface area contributed by atoms with Gasteiger partial charge in [0.15, 0.2) is 0 Å². The van der Waals surface area contributed by atoms with Crippen LogP contribution in [-0.2, 0) is 0 Å². The zero-order chi connectivity index (χ0) is 30.5. The van der Waals surface area contributed by atoms with Crippen molar-refractivity contribution in [3.8, 4) is 5.69 Å². The molecule has 8 rings (SSSR count). The molecule has 0 saturated heterocycles. The molecule has 0 bridgehead atoms. The third-order valence-corrected chi connectivity index (χ3v) is 9.17. The fraction of sp³-hybridized carbons (Fsp3) is 0.0465. The Balaban J connectivity index is 1.25. The van der Waals surface area contributed by atoms with Gasteiger partial charge in [0.1, 0.15) is 0 Å². The third kappa shape index (κ3) is 4.46. The van der Waals surface area contributed by atoms with Gasteiger partial charge in [0, 0.05) is 16.5 Å². The molecule has 1 aliphatic rings. The molecular weight excluding hydrogens is 546 g/mol. The molecule has 1 aromatic heterocycles. The molecule has 1 heterocycles. The van der Waals surface area contributed by atoms with Crippen LogP contribution in [0.2, 0.25) is 0 Å². The van der Waals surface area contributed by atoms with Gasteiger partial charge in [0.25, 0.3) is 5.56 Å². The van der Waals surface area contributed by atoms with Crippen LogP contribution in [0.1, 0.15) is 18.4 Å². The van der Waals surface area contributed by atoms with Gasteiger partial charge in [-0.25, -0.2) is 0 Å². The molecule has 0 aliphatic heterocycles. The average molecular weight is 578 g/mol. The predicted molar refractivity (Wildman–Crippen MR) is 192 cm³/mol. The molecule has 2 nitrogen and oxygen atoms in total. The van der Waals surface area contributed by atoms with E-state index in [0.717, 1.165) is 51.5 Å². The van der Waals surface area contributed by atoms with Crippen molar-refractivity contribution in [2.75, 3.05) is 0 Å². The third-order valence-electron chi connectivity index (χ3n) is 9.17. The first kappa shape index (κ1) is 26.9. The highest BCUT2D eigenvalue weighted by Gasteiger charge is 2.14. The van der Waals surface area contributed by atoms with Crippen molar-refractivity contribution >= 4 is 60.4 Å². The van der Waals surface area contributed by atoms with Gasteiger partial charge in [-0.05, 0) is 115 Å². The second-order valence-corrected chi connectivity index (χ2v) is 11.8. The van der Waals surface area contributed by atoms with Crippen molar-refractivity contribution in [3.05, 3.63) is 179 Å². The molecule has 1 aliphatic carbocycles. The molecule has 0 amide bonds.